The number of hydrogen-bond acceptors (Lipinski definition) is 3. The molecule has 4 heteroatoms. The van der Waals surface area contributed by atoms with Crippen molar-refractivity contribution in [2.24, 2.45) is 5.73 Å². The van der Waals surface area contributed by atoms with Crippen molar-refractivity contribution >= 4 is 5.91 Å². The van der Waals surface area contributed by atoms with E-state index in [4.69, 9.17) is 10.5 Å². The second-order valence-electron chi connectivity index (χ2n) is 4.86. The molecule has 18 heavy (non-hydrogen) atoms. The number of carbonyl (C=O) groups excluding carboxylic acids is 1. The highest BCUT2D eigenvalue weighted by molar-refractivity contribution is 5.94. The molecule has 4 nitrogen and oxygen atoms in total. The molecule has 0 saturated heterocycles. The van der Waals surface area contributed by atoms with Gasteiger partial charge in [-0.15, -0.1) is 0 Å². The van der Waals surface area contributed by atoms with Crippen LogP contribution >= 0.6 is 0 Å². The van der Waals surface area contributed by atoms with Crippen LogP contribution in [-0.4, -0.2) is 24.6 Å². The van der Waals surface area contributed by atoms with E-state index in [9.17, 15) is 4.79 Å². The first-order valence-corrected chi connectivity index (χ1v) is 6.43. The average molecular weight is 248 g/mol. The maximum absolute atomic E-state index is 11.9. The summed E-state index contributed by atoms with van der Waals surface area (Å²) >= 11 is 0. The summed E-state index contributed by atoms with van der Waals surface area (Å²) in [6, 6.07) is 7.15. The molecule has 1 amide bonds. The summed E-state index contributed by atoms with van der Waals surface area (Å²) in [6.07, 6.45) is 3.16. The van der Waals surface area contributed by atoms with Crippen LogP contribution in [0.3, 0.4) is 0 Å². The van der Waals surface area contributed by atoms with E-state index in [0.717, 1.165) is 25.0 Å². The number of ether oxygens (including phenoxy) is 1. The average Bonchev–Trinajstić information content (AvgIpc) is 2.35. The number of nitrogens with two attached hydrogens (primary N) is 1. The minimum absolute atomic E-state index is 0.0743. The van der Waals surface area contributed by atoms with Crippen molar-refractivity contribution in [2.75, 3.05) is 13.2 Å². The van der Waals surface area contributed by atoms with Gasteiger partial charge in [-0.25, -0.2) is 0 Å². The van der Waals surface area contributed by atoms with E-state index in [1.54, 1.807) is 24.3 Å². The van der Waals surface area contributed by atoms with Crippen molar-refractivity contribution in [1.29, 1.82) is 0 Å². The zero-order valence-electron chi connectivity index (χ0n) is 10.7. The number of hydrogen-bond donors (Lipinski definition) is 2. The van der Waals surface area contributed by atoms with Crippen LogP contribution in [0.15, 0.2) is 24.3 Å². The highest BCUT2D eigenvalue weighted by Gasteiger charge is 2.32. The number of nitrogens with one attached hydrogen (secondary N) is 1. The Labute approximate surface area is 108 Å². The molecule has 0 bridgehead atoms. The second-order valence-corrected chi connectivity index (χ2v) is 4.86. The summed E-state index contributed by atoms with van der Waals surface area (Å²) in [5, 5.41) is 2.89. The molecule has 1 aromatic rings. The Balaban J connectivity index is 1.88. The normalized spacial score (nSPS) is 16.8. The Morgan fingerprint density at radius 3 is 2.56 bits per heavy atom. The number of rotatable bonds is 5. The van der Waals surface area contributed by atoms with Crippen LogP contribution in [0, 0.1) is 0 Å². The van der Waals surface area contributed by atoms with Crippen molar-refractivity contribution in [1.82, 2.24) is 5.32 Å². The maximum atomic E-state index is 11.9. The zero-order valence-corrected chi connectivity index (χ0v) is 10.7. The number of benzene rings is 1. The van der Waals surface area contributed by atoms with Crippen LogP contribution in [-0.2, 0) is 0 Å². The molecule has 0 spiro atoms. The minimum Gasteiger partial charge on any atom is -0.494 e. The molecular formula is C14H20N2O2. The van der Waals surface area contributed by atoms with Gasteiger partial charge in [-0.3, -0.25) is 4.79 Å². The van der Waals surface area contributed by atoms with Gasteiger partial charge in [-0.2, -0.15) is 0 Å². The summed E-state index contributed by atoms with van der Waals surface area (Å²) in [6.45, 7) is 3.11. The topological polar surface area (TPSA) is 64.3 Å². The van der Waals surface area contributed by atoms with Gasteiger partial charge in [0, 0.05) is 17.6 Å². The molecule has 0 heterocycles. The number of amides is 1. The molecule has 1 aromatic carbocycles. The Morgan fingerprint density at radius 1 is 1.39 bits per heavy atom. The SMILES string of the molecule is CCOc1ccc(C(=O)NCC2(N)CCC2)cc1. The van der Waals surface area contributed by atoms with Gasteiger partial charge < -0.3 is 15.8 Å². The van der Waals surface area contributed by atoms with Gasteiger partial charge in [0.05, 0.1) is 6.61 Å². The third-order valence-corrected chi connectivity index (χ3v) is 3.38. The van der Waals surface area contributed by atoms with E-state index in [2.05, 4.69) is 5.32 Å². The van der Waals surface area contributed by atoms with Crippen LogP contribution < -0.4 is 15.8 Å². The monoisotopic (exact) mass is 248 g/mol. The third-order valence-electron chi connectivity index (χ3n) is 3.38. The zero-order chi connectivity index (χ0) is 13.0. The van der Waals surface area contributed by atoms with Gasteiger partial charge in [0.2, 0.25) is 0 Å². The standard InChI is InChI=1S/C14H20N2O2/c1-2-18-12-6-4-11(5-7-12)13(17)16-10-14(15)8-3-9-14/h4-7H,2-3,8-10,15H2,1H3,(H,16,17). The number of carbonyl (C=O) groups is 1. The van der Waals surface area contributed by atoms with Gasteiger partial charge >= 0.3 is 0 Å². The predicted octanol–water partition coefficient (Wildman–Crippen LogP) is 1.70. The lowest BCUT2D eigenvalue weighted by Gasteiger charge is -2.38. The largest absolute Gasteiger partial charge is 0.494 e. The van der Waals surface area contributed by atoms with Crippen molar-refractivity contribution in [3.63, 3.8) is 0 Å². The fraction of sp³-hybridized carbons (Fsp3) is 0.500. The molecule has 3 N–H and O–H groups in total. The Hall–Kier alpha value is -1.55. The molecule has 1 fully saturated rings. The van der Waals surface area contributed by atoms with Gasteiger partial charge in [0.1, 0.15) is 5.75 Å². The molecule has 2 rings (SSSR count). The quantitative estimate of drug-likeness (QED) is 0.833. The predicted molar refractivity (Wildman–Crippen MR) is 70.7 cm³/mol. The summed E-state index contributed by atoms with van der Waals surface area (Å²) in [5.41, 5.74) is 6.52. The Kier molecular flexibility index (Phi) is 3.87. The first-order valence-electron chi connectivity index (χ1n) is 6.43. The van der Waals surface area contributed by atoms with Gasteiger partial charge in [-0.1, -0.05) is 0 Å². The summed E-state index contributed by atoms with van der Waals surface area (Å²) in [7, 11) is 0. The van der Waals surface area contributed by atoms with Gasteiger partial charge in [0.15, 0.2) is 0 Å². The van der Waals surface area contributed by atoms with Crippen LogP contribution in [0.4, 0.5) is 0 Å². The lowest BCUT2D eigenvalue weighted by molar-refractivity contribution is 0.0930. The molecule has 0 unspecified atom stereocenters. The molecule has 1 saturated carbocycles. The third kappa shape index (κ3) is 3.01. The maximum Gasteiger partial charge on any atom is 0.251 e. The van der Waals surface area contributed by atoms with E-state index in [1.165, 1.54) is 0 Å². The van der Waals surface area contributed by atoms with Crippen molar-refractivity contribution < 1.29 is 9.53 Å². The Bertz CT molecular complexity index is 410. The van der Waals surface area contributed by atoms with Crippen molar-refractivity contribution in [3.8, 4) is 5.75 Å². The molecule has 0 aliphatic heterocycles. The molecule has 0 aromatic heterocycles. The Morgan fingerprint density at radius 2 is 2.06 bits per heavy atom. The van der Waals surface area contributed by atoms with E-state index >= 15 is 0 Å². The first-order chi connectivity index (χ1) is 8.63. The fourth-order valence-electron chi connectivity index (χ4n) is 2.04. The van der Waals surface area contributed by atoms with Crippen molar-refractivity contribution in [2.45, 2.75) is 31.7 Å². The van der Waals surface area contributed by atoms with E-state index in [0.29, 0.717) is 18.7 Å². The van der Waals surface area contributed by atoms with Gasteiger partial charge in [-0.05, 0) is 50.5 Å². The fourth-order valence-corrected chi connectivity index (χ4v) is 2.04. The van der Waals surface area contributed by atoms with E-state index in [-0.39, 0.29) is 11.4 Å². The molecule has 0 radical (unpaired) electrons. The van der Waals surface area contributed by atoms with Crippen LogP contribution in [0.25, 0.3) is 0 Å². The highest BCUT2D eigenvalue weighted by atomic mass is 16.5. The first kappa shape index (κ1) is 12.9. The smallest absolute Gasteiger partial charge is 0.251 e. The highest BCUT2D eigenvalue weighted by Crippen LogP contribution is 2.28. The lowest BCUT2D eigenvalue weighted by Crippen LogP contribution is -2.54. The van der Waals surface area contributed by atoms with Crippen LogP contribution in [0.2, 0.25) is 0 Å². The molecular weight excluding hydrogens is 228 g/mol. The molecule has 0 atom stereocenters. The molecule has 98 valence electrons. The molecule has 1 aliphatic carbocycles. The van der Waals surface area contributed by atoms with Gasteiger partial charge in [0.25, 0.3) is 5.91 Å². The minimum atomic E-state index is -0.180. The van der Waals surface area contributed by atoms with Crippen LogP contribution in [0.1, 0.15) is 36.5 Å². The lowest BCUT2D eigenvalue weighted by atomic mass is 9.78. The summed E-state index contributed by atoms with van der Waals surface area (Å²) in [4.78, 5) is 11.9. The molecule has 1 aliphatic rings. The van der Waals surface area contributed by atoms with Crippen molar-refractivity contribution in [3.05, 3.63) is 29.8 Å². The summed E-state index contributed by atoms with van der Waals surface area (Å²) < 4.78 is 5.33. The second kappa shape index (κ2) is 5.40. The summed E-state index contributed by atoms with van der Waals surface area (Å²) in [5.74, 6) is 0.707. The van der Waals surface area contributed by atoms with Crippen LogP contribution in [0.5, 0.6) is 5.75 Å². The van der Waals surface area contributed by atoms with E-state index in [1.807, 2.05) is 6.92 Å². The van der Waals surface area contributed by atoms with E-state index < -0.39 is 0 Å².